The minimum absolute atomic E-state index is 0.0194. The molecule has 0 amide bonds. The van der Waals surface area contributed by atoms with Crippen LogP contribution in [0, 0.1) is 11.3 Å². The number of hydrogen-bond acceptors (Lipinski definition) is 8. The number of sulfonamides is 1. The predicted octanol–water partition coefficient (Wildman–Crippen LogP) is 6.13. The molecule has 1 aliphatic rings. The van der Waals surface area contributed by atoms with Gasteiger partial charge in [-0.05, 0) is 44.7 Å². The van der Waals surface area contributed by atoms with E-state index in [1.165, 1.54) is 30.4 Å². The molecule has 1 saturated carbocycles. The molecule has 40 heavy (non-hydrogen) atoms. The maximum atomic E-state index is 13.2. The molecule has 1 fully saturated rings. The molecule has 1 atom stereocenters. The standard InChI is InChI=1S/C25H28ClF3N4O5S2/c1-4-18(25(27,28)29)33-40(36,37)14-8-9-15(16(26)11-14)20-17(10-13-6-5-7-13)30-22(39-20)21-32-31-19(38-21)12-24(2,3)23(34)35/h8-9,11,13,18,33H,4-7,10,12H2,1-3H3,(H,34,35)/t18-/m0/s1. The number of hydrogen-bond donors (Lipinski definition) is 2. The molecule has 0 aliphatic heterocycles. The molecule has 0 unspecified atom stereocenters. The predicted molar refractivity (Wildman–Crippen MR) is 142 cm³/mol. The summed E-state index contributed by atoms with van der Waals surface area (Å²) in [5.41, 5.74) is 0.0527. The fourth-order valence-corrected chi connectivity index (χ4v) is 6.89. The number of halogens is 4. The Balaban J connectivity index is 1.67. The number of nitrogens with one attached hydrogen (secondary N) is 1. The number of nitrogens with zero attached hydrogens (tertiary/aromatic N) is 3. The molecule has 218 valence electrons. The van der Waals surface area contributed by atoms with Gasteiger partial charge >= 0.3 is 12.1 Å². The molecular weight excluding hydrogens is 593 g/mol. The molecule has 15 heteroatoms. The highest BCUT2D eigenvalue weighted by Gasteiger charge is 2.41. The van der Waals surface area contributed by atoms with E-state index in [2.05, 4.69) is 10.2 Å². The Morgan fingerprint density at radius 2 is 1.98 bits per heavy atom. The zero-order valence-electron chi connectivity index (χ0n) is 21.9. The number of carboxylic acids is 1. The van der Waals surface area contributed by atoms with Gasteiger partial charge in [-0.25, -0.2) is 13.4 Å². The molecule has 9 nitrogen and oxygen atoms in total. The fraction of sp³-hybridized carbons (Fsp3) is 0.520. The number of benzene rings is 1. The van der Waals surface area contributed by atoms with E-state index in [1.807, 2.05) is 0 Å². The van der Waals surface area contributed by atoms with Crippen molar-refractivity contribution in [2.75, 3.05) is 0 Å². The molecule has 0 bridgehead atoms. The van der Waals surface area contributed by atoms with Gasteiger partial charge in [-0.15, -0.1) is 21.5 Å². The Labute approximate surface area is 238 Å². The number of thiazole rings is 1. The highest BCUT2D eigenvalue weighted by molar-refractivity contribution is 7.89. The molecule has 2 N–H and O–H groups in total. The summed E-state index contributed by atoms with van der Waals surface area (Å²) < 4.78 is 72.3. The first-order chi connectivity index (χ1) is 18.6. The van der Waals surface area contributed by atoms with Gasteiger partial charge in [0, 0.05) is 12.0 Å². The van der Waals surface area contributed by atoms with E-state index in [9.17, 15) is 31.5 Å². The zero-order chi connectivity index (χ0) is 29.5. The first-order valence-corrected chi connectivity index (χ1v) is 15.2. The third kappa shape index (κ3) is 6.67. The number of rotatable bonds is 11. The van der Waals surface area contributed by atoms with Crippen LogP contribution in [0.15, 0.2) is 27.5 Å². The van der Waals surface area contributed by atoms with Crippen LogP contribution in [0.5, 0.6) is 0 Å². The van der Waals surface area contributed by atoms with Crippen LogP contribution in [0.3, 0.4) is 0 Å². The topological polar surface area (TPSA) is 135 Å². The fourth-order valence-electron chi connectivity index (χ4n) is 4.11. The van der Waals surface area contributed by atoms with E-state index in [0.717, 1.165) is 25.3 Å². The molecule has 0 radical (unpaired) electrons. The second-order valence-corrected chi connectivity index (χ2v) is 13.5. The van der Waals surface area contributed by atoms with E-state index >= 15 is 0 Å². The van der Waals surface area contributed by atoms with Gasteiger partial charge in [0.15, 0.2) is 5.01 Å². The Morgan fingerprint density at radius 1 is 1.27 bits per heavy atom. The lowest BCUT2D eigenvalue weighted by Gasteiger charge is -2.24. The van der Waals surface area contributed by atoms with Crippen molar-refractivity contribution in [3.63, 3.8) is 0 Å². The van der Waals surface area contributed by atoms with Crippen molar-refractivity contribution in [2.45, 2.75) is 76.4 Å². The van der Waals surface area contributed by atoms with Crippen LogP contribution in [-0.4, -0.2) is 46.9 Å². The molecular formula is C25H28ClF3N4O5S2. The third-order valence-corrected chi connectivity index (χ3v) is 9.72. The van der Waals surface area contributed by atoms with Gasteiger partial charge in [0.2, 0.25) is 15.9 Å². The number of aromatic nitrogens is 3. The first-order valence-electron chi connectivity index (χ1n) is 12.6. The summed E-state index contributed by atoms with van der Waals surface area (Å²) in [5, 5.41) is 17.8. The van der Waals surface area contributed by atoms with Crippen LogP contribution >= 0.6 is 22.9 Å². The molecule has 2 heterocycles. The maximum Gasteiger partial charge on any atom is 0.404 e. The molecule has 0 saturated heterocycles. The van der Waals surface area contributed by atoms with Gasteiger partial charge in [0.25, 0.3) is 5.89 Å². The lowest BCUT2D eigenvalue weighted by atomic mass is 9.82. The smallest absolute Gasteiger partial charge is 0.404 e. The Kier molecular flexibility index (Phi) is 8.65. The van der Waals surface area contributed by atoms with Crippen molar-refractivity contribution >= 4 is 38.9 Å². The van der Waals surface area contributed by atoms with Crippen molar-refractivity contribution in [2.24, 2.45) is 11.3 Å². The van der Waals surface area contributed by atoms with Crippen molar-refractivity contribution in [3.8, 4) is 21.3 Å². The summed E-state index contributed by atoms with van der Waals surface area (Å²) in [5.74, 6) is -0.339. The van der Waals surface area contributed by atoms with Crippen LogP contribution in [0.2, 0.25) is 5.02 Å². The minimum Gasteiger partial charge on any atom is -0.481 e. The second-order valence-electron chi connectivity index (χ2n) is 10.4. The van der Waals surface area contributed by atoms with Gasteiger partial charge in [-0.3, -0.25) is 4.79 Å². The summed E-state index contributed by atoms with van der Waals surface area (Å²) in [4.78, 5) is 16.4. The van der Waals surface area contributed by atoms with Crippen LogP contribution in [0.1, 0.15) is 58.0 Å². The van der Waals surface area contributed by atoms with Crippen molar-refractivity contribution in [1.29, 1.82) is 0 Å². The van der Waals surface area contributed by atoms with Crippen LogP contribution in [0.4, 0.5) is 13.2 Å². The zero-order valence-corrected chi connectivity index (χ0v) is 24.3. The lowest BCUT2D eigenvalue weighted by Crippen LogP contribution is -2.44. The van der Waals surface area contributed by atoms with E-state index < -0.39 is 44.9 Å². The van der Waals surface area contributed by atoms with E-state index in [-0.39, 0.29) is 23.2 Å². The van der Waals surface area contributed by atoms with Crippen molar-refractivity contribution in [3.05, 3.63) is 34.8 Å². The summed E-state index contributed by atoms with van der Waals surface area (Å²) >= 11 is 7.71. The largest absolute Gasteiger partial charge is 0.481 e. The van der Waals surface area contributed by atoms with Crippen LogP contribution < -0.4 is 4.72 Å². The normalized spacial score (nSPS) is 15.7. The number of carbonyl (C=O) groups is 1. The summed E-state index contributed by atoms with van der Waals surface area (Å²) in [6, 6.07) is 1.54. The molecule has 0 spiro atoms. The Morgan fingerprint density at radius 3 is 2.52 bits per heavy atom. The highest BCUT2D eigenvalue weighted by atomic mass is 35.5. The van der Waals surface area contributed by atoms with Gasteiger partial charge in [0.1, 0.15) is 6.04 Å². The molecule has 1 aromatic carbocycles. The molecule has 4 rings (SSSR count). The summed E-state index contributed by atoms with van der Waals surface area (Å²) in [6.45, 7) is 4.33. The number of aliphatic carboxylic acids is 1. The lowest BCUT2D eigenvalue weighted by molar-refractivity contribution is -0.151. The van der Waals surface area contributed by atoms with Gasteiger partial charge in [0.05, 0.1) is 25.9 Å². The second kappa shape index (κ2) is 11.4. The third-order valence-electron chi connectivity index (χ3n) is 6.82. The number of alkyl halides is 3. The van der Waals surface area contributed by atoms with Gasteiger partial charge < -0.3 is 9.52 Å². The van der Waals surface area contributed by atoms with E-state index in [1.54, 1.807) is 18.6 Å². The molecule has 1 aliphatic carbocycles. The van der Waals surface area contributed by atoms with Crippen molar-refractivity contribution < 1.29 is 35.9 Å². The molecule has 3 aromatic rings. The minimum atomic E-state index is -4.74. The summed E-state index contributed by atoms with van der Waals surface area (Å²) in [6.07, 6.45) is -1.36. The highest BCUT2D eigenvalue weighted by Crippen LogP contribution is 2.42. The van der Waals surface area contributed by atoms with E-state index in [4.69, 9.17) is 21.0 Å². The van der Waals surface area contributed by atoms with Gasteiger partial charge in [-0.1, -0.05) is 43.9 Å². The number of carboxylic acid groups (broad SMARTS) is 1. The van der Waals surface area contributed by atoms with Gasteiger partial charge in [-0.2, -0.15) is 17.9 Å². The van der Waals surface area contributed by atoms with E-state index in [0.29, 0.717) is 33.5 Å². The molecule has 2 aromatic heterocycles. The monoisotopic (exact) mass is 620 g/mol. The first kappa shape index (κ1) is 30.4. The average Bonchev–Trinajstić information content (AvgIpc) is 3.45. The summed E-state index contributed by atoms with van der Waals surface area (Å²) in [7, 11) is -4.50. The Bertz CT molecular complexity index is 1500. The quantitative estimate of drug-likeness (QED) is 0.261. The van der Waals surface area contributed by atoms with Crippen molar-refractivity contribution in [1.82, 2.24) is 19.9 Å². The SMILES string of the molecule is CC[C@H](NS(=O)(=O)c1ccc(-c2sc(-c3nnc(CC(C)(C)C(=O)O)o3)nc2CC2CCC2)c(Cl)c1)C(F)(F)F. The van der Waals surface area contributed by atoms with Crippen LogP contribution in [0.25, 0.3) is 21.3 Å². The average molecular weight is 621 g/mol. The van der Waals surface area contributed by atoms with Crippen LogP contribution in [-0.2, 0) is 27.7 Å². The maximum absolute atomic E-state index is 13.2. The Hall–Kier alpha value is -2.55.